The van der Waals surface area contributed by atoms with Crippen molar-refractivity contribution in [2.75, 3.05) is 6.54 Å². The van der Waals surface area contributed by atoms with Gasteiger partial charge in [0.15, 0.2) is 5.78 Å². The van der Waals surface area contributed by atoms with E-state index in [0.29, 0.717) is 5.70 Å². The predicted molar refractivity (Wildman–Crippen MR) is 40.1 cm³/mol. The lowest BCUT2D eigenvalue weighted by Crippen LogP contribution is -2.20. The van der Waals surface area contributed by atoms with Crippen molar-refractivity contribution in [2.24, 2.45) is 0 Å². The maximum absolute atomic E-state index is 10.4. The summed E-state index contributed by atoms with van der Waals surface area (Å²) in [5.74, 6) is -1.04. The van der Waals surface area contributed by atoms with Gasteiger partial charge in [-0.3, -0.25) is 9.59 Å². The second kappa shape index (κ2) is 4.49. The zero-order chi connectivity index (χ0) is 8.85. The van der Waals surface area contributed by atoms with E-state index in [4.69, 9.17) is 5.11 Å². The van der Waals surface area contributed by atoms with Crippen LogP contribution < -0.4 is 5.32 Å². The average Bonchev–Trinajstić information content (AvgIpc) is 1.82. The number of hydrogen-bond acceptors (Lipinski definition) is 3. The molecule has 0 aromatic carbocycles. The zero-order valence-corrected chi connectivity index (χ0v) is 6.55. The molecular weight excluding hydrogens is 146 g/mol. The van der Waals surface area contributed by atoms with Crippen molar-refractivity contribution >= 4 is 11.8 Å². The molecule has 4 nitrogen and oxygen atoms in total. The standard InChI is InChI=1S/C7H11NO3/c1-5(3-6(2)9)8-4-7(10)11/h3,8H,4H2,1-2H3,(H,10,11)/b5-3-. The Morgan fingerprint density at radius 1 is 1.45 bits per heavy atom. The van der Waals surface area contributed by atoms with Crippen molar-refractivity contribution in [3.8, 4) is 0 Å². The smallest absolute Gasteiger partial charge is 0.322 e. The van der Waals surface area contributed by atoms with Gasteiger partial charge in [0.05, 0.1) is 0 Å². The molecule has 0 aromatic heterocycles. The van der Waals surface area contributed by atoms with Crippen molar-refractivity contribution in [3.05, 3.63) is 11.8 Å². The number of carboxylic acid groups (broad SMARTS) is 1. The van der Waals surface area contributed by atoms with Gasteiger partial charge in [0.1, 0.15) is 6.54 Å². The fourth-order valence-electron chi connectivity index (χ4n) is 0.571. The predicted octanol–water partition coefficient (Wildman–Crippen LogP) is 0.153. The first-order chi connectivity index (χ1) is 5.02. The molecule has 4 heteroatoms. The molecule has 0 unspecified atom stereocenters. The number of carbonyl (C=O) groups excluding carboxylic acids is 1. The van der Waals surface area contributed by atoms with Crippen molar-refractivity contribution in [1.82, 2.24) is 5.32 Å². The minimum absolute atomic E-state index is 0.0969. The van der Waals surface area contributed by atoms with Crippen LogP contribution in [0.25, 0.3) is 0 Å². The highest BCUT2D eigenvalue weighted by Crippen LogP contribution is 1.85. The van der Waals surface area contributed by atoms with E-state index in [-0.39, 0.29) is 12.3 Å². The Bertz CT molecular complexity index is 196. The Kier molecular flexibility index (Phi) is 3.95. The van der Waals surface area contributed by atoms with Gasteiger partial charge in [-0.25, -0.2) is 0 Å². The van der Waals surface area contributed by atoms with E-state index >= 15 is 0 Å². The number of rotatable bonds is 4. The molecule has 0 aliphatic carbocycles. The third kappa shape index (κ3) is 6.57. The second-order valence-electron chi connectivity index (χ2n) is 2.19. The summed E-state index contributed by atoms with van der Waals surface area (Å²) in [5.41, 5.74) is 0.569. The highest BCUT2D eigenvalue weighted by atomic mass is 16.4. The van der Waals surface area contributed by atoms with Crippen LogP contribution >= 0.6 is 0 Å². The average molecular weight is 157 g/mol. The first kappa shape index (κ1) is 9.68. The molecule has 0 atom stereocenters. The summed E-state index contributed by atoms with van der Waals surface area (Å²) in [5, 5.41) is 10.8. The molecule has 0 spiro atoms. The maximum Gasteiger partial charge on any atom is 0.322 e. The van der Waals surface area contributed by atoms with Gasteiger partial charge in [-0.15, -0.1) is 0 Å². The van der Waals surface area contributed by atoms with Gasteiger partial charge in [-0.05, 0) is 19.9 Å². The molecule has 0 aromatic rings. The Labute approximate surface area is 64.9 Å². The summed E-state index contributed by atoms with van der Waals surface area (Å²) < 4.78 is 0. The maximum atomic E-state index is 10.4. The SMILES string of the molecule is CC(=O)/C=C(/C)NCC(=O)O. The van der Waals surface area contributed by atoms with Gasteiger partial charge >= 0.3 is 5.97 Å². The summed E-state index contributed by atoms with van der Waals surface area (Å²) in [6, 6.07) is 0. The Balaban J connectivity index is 3.77. The molecule has 0 heterocycles. The van der Waals surface area contributed by atoms with Gasteiger partial charge in [0.2, 0.25) is 0 Å². The van der Waals surface area contributed by atoms with Crippen LogP contribution in [0.3, 0.4) is 0 Å². The molecule has 0 amide bonds. The third-order valence-corrected chi connectivity index (χ3v) is 0.938. The van der Waals surface area contributed by atoms with Crippen molar-refractivity contribution in [2.45, 2.75) is 13.8 Å². The molecular formula is C7H11NO3. The van der Waals surface area contributed by atoms with Crippen molar-refractivity contribution in [3.63, 3.8) is 0 Å². The van der Waals surface area contributed by atoms with E-state index in [1.54, 1.807) is 6.92 Å². The summed E-state index contributed by atoms with van der Waals surface area (Å²) in [4.78, 5) is 20.4. The van der Waals surface area contributed by atoms with Gasteiger partial charge < -0.3 is 10.4 Å². The number of aliphatic carboxylic acids is 1. The second-order valence-corrected chi connectivity index (χ2v) is 2.19. The molecule has 0 bridgehead atoms. The van der Waals surface area contributed by atoms with Gasteiger partial charge in [0.25, 0.3) is 0 Å². The monoisotopic (exact) mass is 157 g/mol. The van der Waals surface area contributed by atoms with Crippen LogP contribution in [0.2, 0.25) is 0 Å². The van der Waals surface area contributed by atoms with Crippen LogP contribution in [0, 0.1) is 0 Å². The molecule has 11 heavy (non-hydrogen) atoms. The largest absolute Gasteiger partial charge is 0.480 e. The van der Waals surface area contributed by atoms with E-state index < -0.39 is 5.97 Å². The van der Waals surface area contributed by atoms with Crippen LogP contribution in [-0.2, 0) is 9.59 Å². The van der Waals surface area contributed by atoms with Crippen LogP contribution in [-0.4, -0.2) is 23.4 Å². The van der Waals surface area contributed by atoms with Crippen LogP contribution in [0.1, 0.15) is 13.8 Å². The van der Waals surface area contributed by atoms with E-state index in [1.165, 1.54) is 13.0 Å². The van der Waals surface area contributed by atoms with E-state index in [2.05, 4.69) is 5.32 Å². The lowest BCUT2D eigenvalue weighted by molar-refractivity contribution is -0.135. The molecule has 0 saturated heterocycles. The molecule has 2 N–H and O–H groups in total. The molecule has 0 saturated carbocycles. The quantitative estimate of drug-likeness (QED) is 0.570. The van der Waals surface area contributed by atoms with Crippen LogP contribution in [0.4, 0.5) is 0 Å². The van der Waals surface area contributed by atoms with E-state index in [9.17, 15) is 9.59 Å². The fourth-order valence-corrected chi connectivity index (χ4v) is 0.571. The van der Waals surface area contributed by atoms with Gasteiger partial charge in [0, 0.05) is 5.70 Å². The molecule has 0 fully saturated rings. The Hall–Kier alpha value is -1.32. The number of hydrogen-bond donors (Lipinski definition) is 2. The van der Waals surface area contributed by atoms with Crippen molar-refractivity contribution < 1.29 is 14.7 Å². The number of carboxylic acids is 1. The fraction of sp³-hybridized carbons (Fsp3) is 0.429. The van der Waals surface area contributed by atoms with Crippen molar-refractivity contribution in [1.29, 1.82) is 0 Å². The first-order valence-corrected chi connectivity index (χ1v) is 3.17. The van der Waals surface area contributed by atoms with E-state index in [1.807, 2.05) is 0 Å². The summed E-state index contributed by atoms with van der Waals surface area (Å²) in [6.07, 6.45) is 1.35. The van der Waals surface area contributed by atoms with Crippen LogP contribution in [0.5, 0.6) is 0 Å². The summed E-state index contributed by atoms with van der Waals surface area (Å²) in [7, 11) is 0. The minimum atomic E-state index is -0.943. The highest BCUT2D eigenvalue weighted by molar-refractivity contribution is 5.87. The summed E-state index contributed by atoms with van der Waals surface area (Å²) >= 11 is 0. The van der Waals surface area contributed by atoms with Gasteiger partial charge in [-0.1, -0.05) is 0 Å². The van der Waals surface area contributed by atoms with E-state index in [0.717, 1.165) is 0 Å². The summed E-state index contributed by atoms with van der Waals surface area (Å²) in [6.45, 7) is 2.89. The normalized spacial score (nSPS) is 10.9. The highest BCUT2D eigenvalue weighted by Gasteiger charge is 1.95. The number of nitrogens with one attached hydrogen (secondary N) is 1. The molecule has 0 radical (unpaired) electrons. The number of allylic oxidation sites excluding steroid dienone is 2. The topological polar surface area (TPSA) is 66.4 Å². The minimum Gasteiger partial charge on any atom is -0.480 e. The zero-order valence-electron chi connectivity index (χ0n) is 6.55. The number of ketones is 1. The molecule has 62 valence electrons. The Morgan fingerprint density at radius 3 is 2.36 bits per heavy atom. The number of carbonyl (C=O) groups is 2. The Morgan fingerprint density at radius 2 is 2.00 bits per heavy atom. The third-order valence-electron chi connectivity index (χ3n) is 0.938. The lowest BCUT2D eigenvalue weighted by atomic mass is 10.3. The first-order valence-electron chi connectivity index (χ1n) is 3.17. The molecule has 0 rings (SSSR count). The van der Waals surface area contributed by atoms with Gasteiger partial charge in [-0.2, -0.15) is 0 Å². The molecule has 0 aliphatic heterocycles. The lowest BCUT2D eigenvalue weighted by Gasteiger charge is -2.00. The molecule has 0 aliphatic rings. The van der Waals surface area contributed by atoms with Crippen LogP contribution in [0.15, 0.2) is 11.8 Å².